The van der Waals surface area contributed by atoms with Gasteiger partial charge in [-0.15, -0.1) is 0 Å². The Balaban J connectivity index is 1.14. The van der Waals surface area contributed by atoms with Gasteiger partial charge in [-0.2, -0.15) is 4.98 Å². The van der Waals surface area contributed by atoms with Crippen LogP contribution in [0.3, 0.4) is 0 Å². The molecule has 0 radical (unpaired) electrons. The number of aromatic nitrogens is 2. The zero-order valence-electron chi connectivity index (χ0n) is 17.3. The summed E-state index contributed by atoms with van der Waals surface area (Å²) in [5.41, 5.74) is 1.86. The summed E-state index contributed by atoms with van der Waals surface area (Å²) in [5.74, 6) is 2.62. The zero-order chi connectivity index (χ0) is 21.6. The number of carbonyl (C=O) groups excluding carboxylic acids is 1. The molecule has 1 aromatic heterocycles. The van der Waals surface area contributed by atoms with Crippen LogP contribution in [-0.4, -0.2) is 35.8 Å². The maximum absolute atomic E-state index is 12.3. The van der Waals surface area contributed by atoms with Gasteiger partial charge in [0.2, 0.25) is 11.7 Å². The van der Waals surface area contributed by atoms with Crippen LogP contribution in [-0.2, 0) is 17.6 Å². The molecule has 8 heteroatoms. The smallest absolute Gasteiger partial charge is 0.261 e. The molecule has 0 bridgehead atoms. The number of hydrogen-bond acceptors (Lipinski definition) is 6. The van der Waals surface area contributed by atoms with Crippen LogP contribution < -0.4 is 14.8 Å². The topological polar surface area (TPSA) is 86.5 Å². The summed E-state index contributed by atoms with van der Waals surface area (Å²) in [6.07, 6.45) is 3.50. The number of nitrogens with one attached hydrogen (secondary N) is 1. The third-order valence-electron chi connectivity index (χ3n) is 5.17. The van der Waals surface area contributed by atoms with Crippen molar-refractivity contribution in [3.05, 3.63) is 58.9 Å². The van der Waals surface area contributed by atoms with Crippen LogP contribution in [0.4, 0.5) is 0 Å². The van der Waals surface area contributed by atoms with E-state index < -0.39 is 6.10 Å². The molecule has 1 aliphatic heterocycles. The third-order valence-corrected chi connectivity index (χ3v) is 5.41. The van der Waals surface area contributed by atoms with Crippen molar-refractivity contribution in [3.8, 4) is 22.9 Å². The first-order valence-corrected chi connectivity index (χ1v) is 10.7. The summed E-state index contributed by atoms with van der Waals surface area (Å²) >= 11 is 5.99. The fraction of sp³-hybridized carbons (Fsp3) is 0.348. The molecular weight excluding hydrogens is 418 g/mol. The average Bonchev–Trinajstić information content (AvgIpc) is 3.43. The Hall–Kier alpha value is -3.06. The fourth-order valence-electron chi connectivity index (χ4n) is 3.48. The molecule has 7 nitrogen and oxygen atoms in total. The Morgan fingerprint density at radius 2 is 2.03 bits per heavy atom. The van der Waals surface area contributed by atoms with E-state index in [9.17, 15) is 4.79 Å². The number of amides is 1. The Morgan fingerprint density at radius 1 is 1.19 bits per heavy atom. The van der Waals surface area contributed by atoms with Gasteiger partial charge in [0.1, 0.15) is 11.5 Å². The standard InChI is InChI=1S/C23H24ClN3O4/c1-29-18-9-6-15(7-10-18)22-26-21(31-27-22)5-3-2-4-12-25-23(28)20-14-16-13-17(24)8-11-19(16)30-20/h6-11,13,20H,2-5,12,14H2,1H3,(H,25,28)/t20-/m1/s1. The lowest BCUT2D eigenvalue weighted by Crippen LogP contribution is -2.37. The number of benzene rings is 2. The van der Waals surface area contributed by atoms with E-state index in [4.69, 9.17) is 25.6 Å². The molecule has 162 valence electrons. The van der Waals surface area contributed by atoms with Crippen LogP contribution >= 0.6 is 11.6 Å². The summed E-state index contributed by atoms with van der Waals surface area (Å²) < 4.78 is 16.2. The number of carbonyl (C=O) groups is 1. The number of aryl methyl sites for hydroxylation is 1. The minimum absolute atomic E-state index is 0.0895. The molecule has 0 saturated carbocycles. The molecule has 3 aromatic rings. The van der Waals surface area contributed by atoms with Gasteiger partial charge in [-0.25, -0.2) is 0 Å². The van der Waals surface area contributed by atoms with Crippen LogP contribution in [0.2, 0.25) is 5.02 Å². The van der Waals surface area contributed by atoms with Gasteiger partial charge in [0.05, 0.1) is 7.11 Å². The largest absolute Gasteiger partial charge is 0.497 e. The number of unbranched alkanes of at least 4 members (excludes halogenated alkanes) is 2. The summed E-state index contributed by atoms with van der Waals surface area (Å²) in [7, 11) is 1.63. The van der Waals surface area contributed by atoms with Crippen LogP contribution in [0.5, 0.6) is 11.5 Å². The molecule has 1 N–H and O–H groups in total. The molecule has 0 spiro atoms. The van der Waals surface area contributed by atoms with Crippen molar-refractivity contribution in [1.82, 2.24) is 15.5 Å². The van der Waals surface area contributed by atoms with Gasteiger partial charge in [-0.1, -0.05) is 23.2 Å². The third kappa shape index (κ3) is 5.35. The second kappa shape index (κ2) is 9.83. The van der Waals surface area contributed by atoms with Gasteiger partial charge in [0, 0.05) is 30.0 Å². The monoisotopic (exact) mass is 441 g/mol. The van der Waals surface area contributed by atoms with Crippen LogP contribution in [0, 0.1) is 0 Å². The number of hydrogen-bond donors (Lipinski definition) is 1. The van der Waals surface area contributed by atoms with Gasteiger partial charge >= 0.3 is 0 Å². The quantitative estimate of drug-likeness (QED) is 0.500. The van der Waals surface area contributed by atoms with Crippen LogP contribution in [0.15, 0.2) is 47.0 Å². The van der Waals surface area contributed by atoms with Crippen LogP contribution in [0.1, 0.15) is 30.7 Å². The van der Waals surface area contributed by atoms with E-state index in [1.54, 1.807) is 13.2 Å². The number of nitrogens with zero attached hydrogens (tertiary/aromatic N) is 2. The molecule has 2 heterocycles. The highest BCUT2D eigenvalue weighted by Gasteiger charge is 2.28. The van der Waals surface area contributed by atoms with Gasteiger partial charge in [-0.3, -0.25) is 4.79 Å². The van der Waals surface area contributed by atoms with E-state index in [-0.39, 0.29) is 5.91 Å². The SMILES string of the molecule is COc1ccc(-c2noc(CCCCCNC(=O)[C@H]3Cc4cc(Cl)ccc4O3)n2)cc1. The lowest BCUT2D eigenvalue weighted by molar-refractivity contribution is -0.127. The molecule has 1 aliphatic rings. The van der Waals surface area contributed by atoms with Crippen molar-refractivity contribution in [3.63, 3.8) is 0 Å². The van der Waals surface area contributed by atoms with Crippen LogP contribution in [0.25, 0.3) is 11.4 Å². The highest BCUT2D eigenvalue weighted by Crippen LogP contribution is 2.31. The summed E-state index contributed by atoms with van der Waals surface area (Å²) in [5, 5.41) is 7.64. The van der Waals surface area contributed by atoms with Crippen molar-refractivity contribution in [2.75, 3.05) is 13.7 Å². The summed E-state index contributed by atoms with van der Waals surface area (Å²) in [4.78, 5) is 16.8. The molecular formula is C23H24ClN3O4. The molecule has 1 atom stereocenters. The van der Waals surface area contributed by atoms with Gasteiger partial charge < -0.3 is 19.3 Å². The number of methoxy groups -OCH3 is 1. The first kappa shape index (κ1) is 21.2. The molecule has 0 saturated heterocycles. The van der Waals surface area contributed by atoms with Crippen molar-refractivity contribution in [1.29, 1.82) is 0 Å². The number of ether oxygens (including phenoxy) is 2. The zero-order valence-corrected chi connectivity index (χ0v) is 18.0. The van der Waals surface area contributed by atoms with E-state index in [1.807, 2.05) is 36.4 Å². The predicted octanol–water partition coefficient (Wildman–Crippen LogP) is 4.23. The minimum Gasteiger partial charge on any atom is -0.497 e. The van der Waals surface area contributed by atoms with Crippen molar-refractivity contribution in [2.24, 2.45) is 0 Å². The predicted molar refractivity (Wildman–Crippen MR) is 116 cm³/mol. The number of halogens is 1. The van der Waals surface area contributed by atoms with Gasteiger partial charge in [0.15, 0.2) is 6.10 Å². The molecule has 31 heavy (non-hydrogen) atoms. The second-order valence-electron chi connectivity index (χ2n) is 7.40. The van der Waals surface area contributed by atoms with E-state index >= 15 is 0 Å². The van der Waals surface area contributed by atoms with Gasteiger partial charge in [0.25, 0.3) is 5.91 Å². The first-order valence-electron chi connectivity index (χ1n) is 10.3. The first-order chi connectivity index (χ1) is 15.1. The lowest BCUT2D eigenvalue weighted by atomic mass is 10.1. The highest BCUT2D eigenvalue weighted by atomic mass is 35.5. The summed E-state index contributed by atoms with van der Waals surface area (Å²) in [6, 6.07) is 13.0. The molecule has 1 amide bonds. The molecule has 0 unspecified atom stereocenters. The average molecular weight is 442 g/mol. The van der Waals surface area contributed by atoms with Crippen molar-refractivity contribution >= 4 is 17.5 Å². The fourth-order valence-corrected chi connectivity index (χ4v) is 3.68. The Labute approximate surface area is 185 Å². The minimum atomic E-state index is -0.483. The second-order valence-corrected chi connectivity index (χ2v) is 7.84. The van der Waals surface area contributed by atoms with E-state index in [0.717, 1.165) is 41.9 Å². The van der Waals surface area contributed by atoms with E-state index in [0.29, 0.717) is 36.1 Å². The normalized spacial score (nSPS) is 14.7. The van der Waals surface area contributed by atoms with E-state index in [2.05, 4.69) is 15.5 Å². The summed E-state index contributed by atoms with van der Waals surface area (Å²) in [6.45, 7) is 0.608. The maximum Gasteiger partial charge on any atom is 0.261 e. The molecule has 0 fully saturated rings. The Morgan fingerprint density at radius 3 is 2.84 bits per heavy atom. The molecule has 2 aromatic carbocycles. The number of rotatable bonds is 9. The van der Waals surface area contributed by atoms with Crippen molar-refractivity contribution < 1.29 is 18.8 Å². The maximum atomic E-state index is 12.3. The van der Waals surface area contributed by atoms with Crippen molar-refractivity contribution in [2.45, 2.75) is 38.2 Å². The molecule has 0 aliphatic carbocycles. The van der Waals surface area contributed by atoms with Gasteiger partial charge in [-0.05, 0) is 60.9 Å². The highest BCUT2D eigenvalue weighted by molar-refractivity contribution is 6.30. The lowest BCUT2D eigenvalue weighted by Gasteiger charge is -2.11. The molecule has 4 rings (SSSR count). The van der Waals surface area contributed by atoms with E-state index in [1.165, 1.54) is 0 Å². The Bertz CT molecular complexity index is 1040. The Kier molecular flexibility index (Phi) is 6.72. The number of fused-ring (bicyclic) bond motifs is 1.